The Hall–Kier alpha value is -1.35. The fourth-order valence-electron chi connectivity index (χ4n) is 3.74. The van der Waals surface area contributed by atoms with Gasteiger partial charge in [0.1, 0.15) is 0 Å². The number of benzene rings is 1. The van der Waals surface area contributed by atoms with Crippen LogP contribution in [0, 0.1) is 0 Å². The van der Waals surface area contributed by atoms with E-state index in [4.69, 9.17) is 0 Å². The number of amides is 1. The van der Waals surface area contributed by atoms with Crippen molar-refractivity contribution in [2.24, 2.45) is 0 Å². The van der Waals surface area contributed by atoms with Gasteiger partial charge in [-0.05, 0) is 50.3 Å². The van der Waals surface area contributed by atoms with Crippen molar-refractivity contribution in [1.29, 1.82) is 0 Å². The number of fused-ring (bicyclic) bond motifs is 1. The summed E-state index contributed by atoms with van der Waals surface area (Å²) in [5.74, 6) is 0.295. The number of carbonyl (C=O) groups excluding carboxylic acids is 1. The smallest absolute Gasteiger partial charge is 0.247 e. The molecule has 108 valence electrons. The second kappa shape index (κ2) is 5.57. The molecule has 0 bridgehead atoms. The zero-order valence-corrected chi connectivity index (χ0v) is 12.3. The van der Waals surface area contributed by atoms with Crippen LogP contribution in [0.4, 0.5) is 5.69 Å². The lowest BCUT2D eigenvalue weighted by atomic mass is 9.88. The SMILES string of the molecule is CCCC1(C(=O)N2CCCc3ccccc32)CCCN1. The molecule has 0 saturated carbocycles. The molecule has 0 spiro atoms. The van der Waals surface area contributed by atoms with Crippen LogP contribution >= 0.6 is 0 Å². The summed E-state index contributed by atoms with van der Waals surface area (Å²) >= 11 is 0. The predicted molar refractivity (Wildman–Crippen MR) is 82.0 cm³/mol. The number of aryl methyl sites for hydroxylation is 1. The number of nitrogens with zero attached hydrogens (tertiary/aromatic N) is 1. The maximum atomic E-state index is 13.1. The van der Waals surface area contributed by atoms with Gasteiger partial charge in [0, 0.05) is 12.2 Å². The number of anilines is 1. The molecule has 20 heavy (non-hydrogen) atoms. The highest BCUT2D eigenvalue weighted by Crippen LogP contribution is 2.33. The number of hydrogen-bond acceptors (Lipinski definition) is 2. The quantitative estimate of drug-likeness (QED) is 0.917. The molecule has 3 heteroatoms. The van der Waals surface area contributed by atoms with Crippen LogP contribution in [-0.2, 0) is 11.2 Å². The Kier molecular flexibility index (Phi) is 3.79. The molecule has 0 radical (unpaired) electrons. The zero-order valence-electron chi connectivity index (χ0n) is 12.3. The first-order chi connectivity index (χ1) is 9.77. The normalized spacial score (nSPS) is 25.6. The van der Waals surface area contributed by atoms with Crippen LogP contribution in [0.2, 0.25) is 0 Å². The maximum absolute atomic E-state index is 13.1. The van der Waals surface area contributed by atoms with E-state index in [-0.39, 0.29) is 5.54 Å². The predicted octanol–water partition coefficient (Wildman–Crippen LogP) is 2.89. The van der Waals surface area contributed by atoms with Crippen LogP contribution in [-0.4, -0.2) is 24.5 Å². The van der Waals surface area contributed by atoms with E-state index < -0.39 is 0 Å². The molecule has 1 saturated heterocycles. The molecule has 1 unspecified atom stereocenters. The van der Waals surface area contributed by atoms with Crippen molar-refractivity contribution in [2.45, 2.75) is 51.0 Å². The van der Waals surface area contributed by atoms with Gasteiger partial charge in [-0.3, -0.25) is 4.79 Å². The lowest BCUT2D eigenvalue weighted by Gasteiger charge is -2.37. The number of carbonyl (C=O) groups is 1. The summed E-state index contributed by atoms with van der Waals surface area (Å²) < 4.78 is 0. The van der Waals surface area contributed by atoms with E-state index in [1.54, 1.807) is 0 Å². The molecule has 1 N–H and O–H groups in total. The molecule has 0 aliphatic carbocycles. The Balaban J connectivity index is 1.91. The van der Waals surface area contributed by atoms with E-state index in [2.05, 4.69) is 30.4 Å². The van der Waals surface area contributed by atoms with Gasteiger partial charge in [0.25, 0.3) is 0 Å². The summed E-state index contributed by atoms with van der Waals surface area (Å²) in [6, 6.07) is 8.37. The van der Waals surface area contributed by atoms with E-state index in [0.29, 0.717) is 5.91 Å². The topological polar surface area (TPSA) is 32.3 Å². The summed E-state index contributed by atoms with van der Waals surface area (Å²) in [5.41, 5.74) is 2.14. The first-order valence-electron chi connectivity index (χ1n) is 7.92. The largest absolute Gasteiger partial charge is 0.311 e. The van der Waals surface area contributed by atoms with Gasteiger partial charge >= 0.3 is 0 Å². The molecular weight excluding hydrogens is 248 g/mol. The van der Waals surface area contributed by atoms with Crippen LogP contribution < -0.4 is 10.2 Å². The average molecular weight is 272 g/mol. The van der Waals surface area contributed by atoms with Gasteiger partial charge < -0.3 is 10.2 Å². The molecule has 2 heterocycles. The molecule has 2 aliphatic rings. The summed E-state index contributed by atoms with van der Waals surface area (Å²) in [6.07, 6.45) is 6.26. The van der Waals surface area contributed by atoms with E-state index in [1.807, 2.05) is 11.0 Å². The van der Waals surface area contributed by atoms with Crippen LogP contribution in [0.5, 0.6) is 0 Å². The number of rotatable bonds is 3. The van der Waals surface area contributed by atoms with Gasteiger partial charge in [0.05, 0.1) is 5.54 Å². The summed E-state index contributed by atoms with van der Waals surface area (Å²) in [5, 5.41) is 3.51. The molecule has 1 amide bonds. The maximum Gasteiger partial charge on any atom is 0.247 e. The first-order valence-corrected chi connectivity index (χ1v) is 7.92. The minimum absolute atomic E-state index is 0.295. The molecule has 1 fully saturated rings. The van der Waals surface area contributed by atoms with Gasteiger partial charge in [-0.15, -0.1) is 0 Å². The van der Waals surface area contributed by atoms with Crippen molar-refractivity contribution in [3.63, 3.8) is 0 Å². The van der Waals surface area contributed by atoms with Crippen molar-refractivity contribution >= 4 is 11.6 Å². The lowest BCUT2D eigenvalue weighted by molar-refractivity contribution is -0.124. The molecule has 3 rings (SSSR count). The van der Waals surface area contributed by atoms with E-state index in [1.165, 1.54) is 5.56 Å². The number of hydrogen-bond donors (Lipinski definition) is 1. The first kappa shape index (κ1) is 13.6. The molecule has 1 aromatic carbocycles. The van der Waals surface area contributed by atoms with Crippen molar-refractivity contribution in [3.8, 4) is 0 Å². The van der Waals surface area contributed by atoms with Gasteiger partial charge in [0.2, 0.25) is 5.91 Å². The zero-order chi connectivity index (χ0) is 14.0. The molecular formula is C17H24N2O. The molecule has 0 aromatic heterocycles. The average Bonchev–Trinajstić information content (AvgIpc) is 2.96. The van der Waals surface area contributed by atoms with Crippen molar-refractivity contribution < 1.29 is 4.79 Å². The summed E-state index contributed by atoms with van der Waals surface area (Å²) in [6.45, 7) is 4.00. The number of para-hydroxylation sites is 1. The van der Waals surface area contributed by atoms with E-state index in [0.717, 1.165) is 57.3 Å². The Morgan fingerprint density at radius 2 is 2.20 bits per heavy atom. The second-order valence-electron chi connectivity index (χ2n) is 6.05. The van der Waals surface area contributed by atoms with E-state index >= 15 is 0 Å². The van der Waals surface area contributed by atoms with Crippen LogP contribution in [0.1, 0.15) is 44.6 Å². The Bertz CT molecular complexity index is 492. The Morgan fingerprint density at radius 1 is 1.35 bits per heavy atom. The van der Waals surface area contributed by atoms with Gasteiger partial charge in [-0.2, -0.15) is 0 Å². The third-order valence-electron chi connectivity index (χ3n) is 4.69. The Labute approximate surface area is 121 Å². The summed E-state index contributed by atoms with van der Waals surface area (Å²) in [7, 11) is 0. The van der Waals surface area contributed by atoms with Crippen LogP contribution in [0.15, 0.2) is 24.3 Å². The molecule has 1 atom stereocenters. The van der Waals surface area contributed by atoms with Gasteiger partial charge in [0.15, 0.2) is 0 Å². The molecule has 3 nitrogen and oxygen atoms in total. The van der Waals surface area contributed by atoms with Crippen molar-refractivity contribution in [3.05, 3.63) is 29.8 Å². The fraction of sp³-hybridized carbons (Fsp3) is 0.588. The minimum atomic E-state index is -0.306. The van der Waals surface area contributed by atoms with Crippen LogP contribution in [0.25, 0.3) is 0 Å². The monoisotopic (exact) mass is 272 g/mol. The Morgan fingerprint density at radius 3 is 2.95 bits per heavy atom. The van der Waals surface area contributed by atoms with Crippen molar-refractivity contribution in [2.75, 3.05) is 18.0 Å². The van der Waals surface area contributed by atoms with E-state index in [9.17, 15) is 4.79 Å². The number of nitrogens with one attached hydrogen (secondary N) is 1. The molecule has 2 aliphatic heterocycles. The highest BCUT2D eigenvalue weighted by Gasteiger charge is 2.43. The van der Waals surface area contributed by atoms with Crippen molar-refractivity contribution in [1.82, 2.24) is 5.32 Å². The minimum Gasteiger partial charge on any atom is -0.311 e. The second-order valence-corrected chi connectivity index (χ2v) is 6.05. The third-order valence-corrected chi connectivity index (χ3v) is 4.69. The highest BCUT2D eigenvalue weighted by atomic mass is 16.2. The highest BCUT2D eigenvalue weighted by molar-refractivity contribution is 6.01. The van der Waals surface area contributed by atoms with Gasteiger partial charge in [-0.25, -0.2) is 0 Å². The standard InChI is InChI=1S/C17H24N2O/c1-2-10-17(11-6-12-18-17)16(20)19-13-5-8-14-7-3-4-9-15(14)19/h3-4,7,9,18H,2,5-6,8,10-13H2,1H3. The summed E-state index contributed by atoms with van der Waals surface area (Å²) in [4.78, 5) is 15.2. The van der Waals surface area contributed by atoms with Gasteiger partial charge in [-0.1, -0.05) is 31.5 Å². The third kappa shape index (κ3) is 2.24. The molecule has 1 aromatic rings. The lowest BCUT2D eigenvalue weighted by Crippen LogP contribution is -2.56. The van der Waals surface area contributed by atoms with Crippen LogP contribution in [0.3, 0.4) is 0 Å². The fourth-order valence-corrected chi connectivity index (χ4v) is 3.74.